The monoisotopic (exact) mass is 302 g/mol. The van der Waals surface area contributed by atoms with E-state index in [9.17, 15) is 17.6 Å². The van der Waals surface area contributed by atoms with Gasteiger partial charge in [-0.2, -0.15) is 0 Å². The molecule has 1 aromatic rings. The summed E-state index contributed by atoms with van der Waals surface area (Å²) in [6, 6.07) is 2.82. The molecule has 0 aliphatic carbocycles. The summed E-state index contributed by atoms with van der Waals surface area (Å²) in [5.41, 5.74) is -0.160. The molecule has 1 amide bonds. The molecule has 0 radical (unpaired) electrons. The minimum absolute atomic E-state index is 0.0686. The van der Waals surface area contributed by atoms with E-state index in [1.54, 1.807) is 0 Å². The van der Waals surface area contributed by atoms with Crippen LogP contribution in [0.5, 0.6) is 0 Å². The lowest BCUT2D eigenvalue weighted by atomic mass is 9.90. The van der Waals surface area contributed by atoms with Gasteiger partial charge in [0.15, 0.2) is 0 Å². The fraction of sp³-hybridized carbons (Fsp3) is 0.462. The largest absolute Gasteiger partial charge is 0.352 e. The average molecular weight is 302 g/mol. The van der Waals surface area contributed by atoms with Crippen LogP contribution in [0.4, 0.5) is 4.39 Å². The smallest absolute Gasteiger partial charge is 0.251 e. The van der Waals surface area contributed by atoms with Crippen molar-refractivity contribution < 1.29 is 17.6 Å². The zero-order valence-corrected chi connectivity index (χ0v) is 12.6. The van der Waals surface area contributed by atoms with Gasteiger partial charge in [0.2, 0.25) is 10.0 Å². The quantitative estimate of drug-likeness (QED) is 0.866. The maximum Gasteiger partial charge on any atom is 0.251 e. The van der Waals surface area contributed by atoms with Gasteiger partial charge in [0, 0.05) is 12.1 Å². The van der Waals surface area contributed by atoms with Crippen molar-refractivity contribution >= 4 is 15.9 Å². The molecule has 0 saturated heterocycles. The summed E-state index contributed by atoms with van der Waals surface area (Å²) in [4.78, 5) is 11.5. The number of amides is 1. The second-order valence-corrected chi connectivity index (χ2v) is 6.98. The molecule has 0 aliphatic heterocycles. The Morgan fingerprint density at radius 2 is 1.95 bits per heavy atom. The Balaban J connectivity index is 2.97. The van der Waals surface area contributed by atoms with Crippen LogP contribution in [0.1, 0.15) is 37.6 Å². The van der Waals surface area contributed by atoms with E-state index >= 15 is 0 Å². The number of rotatable bonds is 5. The van der Waals surface area contributed by atoms with Crippen molar-refractivity contribution in [3.63, 3.8) is 0 Å². The van der Waals surface area contributed by atoms with Crippen molar-refractivity contribution in [2.45, 2.75) is 32.1 Å². The van der Waals surface area contributed by atoms with Gasteiger partial charge in [-0.05, 0) is 30.0 Å². The van der Waals surface area contributed by atoms with E-state index in [0.29, 0.717) is 6.54 Å². The number of carbonyl (C=O) groups is 1. The molecule has 0 aliphatic rings. The number of hydrogen-bond acceptors (Lipinski definition) is 3. The van der Waals surface area contributed by atoms with Crippen molar-refractivity contribution in [3.05, 3.63) is 29.6 Å². The van der Waals surface area contributed by atoms with Gasteiger partial charge in [0.25, 0.3) is 5.91 Å². The summed E-state index contributed by atoms with van der Waals surface area (Å²) in [7, 11) is -4.05. The highest BCUT2D eigenvalue weighted by molar-refractivity contribution is 7.89. The molecule has 0 saturated carbocycles. The molecule has 0 aromatic heterocycles. The van der Waals surface area contributed by atoms with Gasteiger partial charge >= 0.3 is 0 Å². The Labute approximate surface area is 118 Å². The van der Waals surface area contributed by atoms with Gasteiger partial charge in [0.1, 0.15) is 5.82 Å². The van der Waals surface area contributed by atoms with E-state index in [1.807, 2.05) is 20.8 Å². The molecule has 1 rings (SSSR count). The van der Waals surface area contributed by atoms with E-state index in [0.717, 1.165) is 24.6 Å². The van der Waals surface area contributed by atoms with Crippen molar-refractivity contribution in [3.8, 4) is 0 Å². The van der Waals surface area contributed by atoms with Gasteiger partial charge in [-0.3, -0.25) is 4.79 Å². The molecular weight excluding hydrogens is 283 g/mol. The number of halogens is 1. The maximum absolute atomic E-state index is 13.4. The number of nitrogens with two attached hydrogens (primary N) is 1. The van der Waals surface area contributed by atoms with Gasteiger partial charge in [-0.15, -0.1) is 0 Å². The van der Waals surface area contributed by atoms with Gasteiger partial charge in [-0.1, -0.05) is 20.8 Å². The first-order valence-corrected chi connectivity index (χ1v) is 7.71. The summed E-state index contributed by atoms with van der Waals surface area (Å²) in [6.45, 7) is 6.36. The number of nitrogens with one attached hydrogen (secondary N) is 1. The number of benzene rings is 1. The number of primary sulfonamides is 1. The van der Waals surface area contributed by atoms with Crippen LogP contribution in [0.25, 0.3) is 0 Å². The lowest BCUT2D eigenvalue weighted by molar-refractivity contribution is 0.0935. The van der Waals surface area contributed by atoms with Gasteiger partial charge in [-0.25, -0.2) is 17.9 Å². The molecule has 3 N–H and O–H groups in total. The Morgan fingerprint density at radius 3 is 2.45 bits per heavy atom. The normalized spacial score (nSPS) is 12.2. The molecule has 5 nitrogen and oxygen atoms in total. The van der Waals surface area contributed by atoms with Crippen LogP contribution >= 0.6 is 0 Å². The highest BCUT2D eigenvalue weighted by Crippen LogP contribution is 2.18. The van der Waals surface area contributed by atoms with Gasteiger partial charge < -0.3 is 5.32 Å². The highest BCUT2D eigenvalue weighted by Gasteiger charge is 2.18. The average Bonchev–Trinajstić information content (AvgIpc) is 2.34. The third-order valence-electron chi connectivity index (χ3n) is 3.15. The minimum atomic E-state index is -4.05. The van der Waals surface area contributed by atoms with E-state index in [-0.39, 0.29) is 11.0 Å². The fourth-order valence-corrected chi connectivity index (χ4v) is 1.97. The molecule has 0 spiro atoms. The second kappa shape index (κ2) is 5.88. The van der Waals surface area contributed by atoms with Crippen LogP contribution in [-0.4, -0.2) is 20.9 Å². The van der Waals surface area contributed by atoms with E-state index in [2.05, 4.69) is 5.32 Å². The number of carbonyl (C=O) groups excluding carboxylic acids is 1. The summed E-state index contributed by atoms with van der Waals surface area (Å²) in [5, 5.41) is 7.59. The summed E-state index contributed by atoms with van der Waals surface area (Å²) in [5.74, 6) is -1.35. The first-order chi connectivity index (χ1) is 9.05. The van der Waals surface area contributed by atoms with Crippen LogP contribution in [0.2, 0.25) is 0 Å². The molecule has 0 fully saturated rings. The lowest BCUT2D eigenvalue weighted by Gasteiger charge is -2.22. The van der Waals surface area contributed by atoms with E-state index < -0.39 is 26.6 Å². The van der Waals surface area contributed by atoms with E-state index in [1.165, 1.54) is 0 Å². The van der Waals surface area contributed by atoms with Crippen molar-refractivity contribution in [2.24, 2.45) is 10.6 Å². The molecular formula is C13H19FN2O3S. The zero-order chi connectivity index (χ0) is 15.6. The summed E-state index contributed by atoms with van der Waals surface area (Å²) < 4.78 is 35.8. The highest BCUT2D eigenvalue weighted by atomic mass is 32.2. The fourth-order valence-electron chi connectivity index (χ4n) is 1.40. The van der Waals surface area contributed by atoms with Crippen molar-refractivity contribution in [1.29, 1.82) is 0 Å². The third kappa shape index (κ3) is 4.57. The maximum atomic E-state index is 13.4. The molecule has 20 heavy (non-hydrogen) atoms. The minimum Gasteiger partial charge on any atom is -0.352 e. The molecule has 1 aromatic carbocycles. The molecule has 0 bridgehead atoms. The molecule has 0 unspecified atom stereocenters. The first kappa shape index (κ1) is 16.6. The van der Waals surface area contributed by atoms with Crippen LogP contribution < -0.4 is 10.5 Å². The Bertz CT molecular complexity index is 612. The Morgan fingerprint density at radius 1 is 1.35 bits per heavy atom. The third-order valence-corrected chi connectivity index (χ3v) is 4.04. The zero-order valence-electron chi connectivity index (χ0n) is 11.7. The predicted molar refractivity (Wildman–Crippen MR) is 74.2 cm³/mol. The summed E-state index contributed by atoms with van der Waals surface area (Å²) >= 11 is 0. The van der Waals surface area contributed by atoms with Crippen molar-refractivity contribution in [2.75, 3.05) is 6.54 Å². The number of hydrogen-bond donors (Lipinski definition) is 2. The first-order valence-electron chi connectivity index (χ1n) is 6.17. The summed E-state index contributed by atoms with van der Waals surface area (Å²) in [6.07, 6.45) is 0.860. The molecule has 0 atom stereocenters. The Hall–Kier alpha value is -1.47. The van der Waals surface area contributed by atoms with E-state index in [4.69, 9.17) is 5.14 Å². The SMILES string of the molecule is CCC(C)(C)CNC(=O)c1cc(F)cc(S(N)(=O)=O)c1. The molecule has 7 heteroatoms. The van der Waals surface area contributed by atoms with Crippen molar-refractivity contribution in [1.82, 2.24) is 5.32 Å². The Kier molecular flexibility index (Phi) is 4.88. The lowest BCUT2D eigenvalue weighted by Crippen LogP contribution is -2.33. The molecule has 0 heterocycles. The topological polar surface area (TPSA) is 89.3 Å². The second-order valence-electron chi connectivity index (χ2n) is 5.42. The standard InChI is InChI=1S/C13H19FN2O3S/c1-4-13(2,3)8-16-12(17)9-5-10(14)7-11(6-9)20(15,18)19/h5-7H,4,8H2,1-3H3,(H,16,17)(H2,15,18,19). The van der Waals surface area contributed by atoms with Crippen LogP contribution in [-0.2, 0) is 10.0 Å². The predicted octanol–water partition coefficient (Wildman–Crippen LogP) is 1.64. The molecule has 112 valence electrons. The van der Waals surface area contributed by atoms with Gasteiger partial charge in [0.05, 0.1) is 4.90 Å². The van der Waals surface area contributed by atoms with Crippen LogP contribution in [0.15, 0.2) is 23.1 Å². The van der Waals surface area contributed by atoms with Crippen LogP contribution in [0.3, 0.4) is 0 Å². The van der Waals surface area contributed by atoms with Crippen LogP contribution in [0, 0.1) is 11.2 Å². The number of sulfonamides is 1.